The zero-order chi connectivity index (χ0) is 4.41. The topological polar surface area (TPSA) is 0 Å². The first kappa shape index (κ1) is 4.16. The number of rotatable bonds is 0. The van der Waals surface area contributed by atoms with E-state index in [1.165, 1.54) is 11.3 Å². The molecule has 0 aliphatic rings. The van der Waals surface area contributed by atoms with Crippen LogP contribution in [0.3, 0.4) is 0 Å². The van der Waals surface area contributed by atoms with Crippen molar-refractivity contribution in [3.8, 4) is 0 Å². The Morgan fingerprint density at radius 1 is 1.83 bits per heavy atom. The van der Waals surface area contributed by atoms with Crippen LogP contribution in [0.1, 0.15) is 0 Å². The molecule has 1 aromatic rings. The van der Waals surface area contributed by atoms with Gasteiger partial charge in [-0.3, -0.25) is 0 Å². The van der Waals surface area contributed by atoms with Crippen LogP contribution in [0.2, 0.25) is 5.02 Å². The van der Waals surface area contributed by atoms with Crippen molar-refractivity contribution in [1.29, 1.82) is 0 Å². The quantitative estimate of drug-likeness (QED) is 0.489. The second kappa shape index (κ2) is 1.63. The highest BCUT2D eigenvalue weighted by Gasteiger charge is 1.79. The van der Waals surface area contributed by atoms with Gasteiger partial charge in [-0.05, 0) is 11.4 Å². The van der Waals surface area contributed by atoms with Gasteiger partial charge in [-0.1, -0.05) is 11.6 Å². The van der Waals surface area contributed by atoms with E-state index in [1.807, 2.05) is 11.4 Å². The lowest BCUT2D eigenvalue weighted by molar-refractivity contribution is 2.00. The van der Waals surface area contributed by atoms with Crippen LogP contribution < -0.4 is 0 Å². The smallest absolute Gasteiger partial charge is 0.0643 e. The van der Waals surface area contributed by atoms with Crippen LogP contribution in [0, 0.1) is 5.38 Å². The highest BCUT2D eigenvalue weighted by Crippen LogP contribution is 2.09. The van der Waals surface area contributed by atoms with Crippen LogP contribution in [0.15, 0.2) is 11.4 Å². The lowest BCUT2D eigenvalue weighted by atomic mass is 10.7. The fraction of sp³-hybridized carbons (Fsp3) is 0. The first-order chi connectivity index (χ1) is 2.89. The molecular weight excluding hydrogens is 116 g/mol. The monoisotopic (exact) mass is 117 g/mol. The molecule has 2 heteroatoms. The Labute approximate surface area is 45.4 Å². The van der Waals surface area contributed by atoms with E-state index >= 15 is 0 Å². The Morgan fingerprint density at radius 2 is 2.67 bits per heavy atom. The summed E-state index contributed by atoms with van der Waals surface area (Å²) in [6.45, 7) is 0. The van der Waals surface area contributed by atoms with Crippen LogP contribution in [0.5, 0.6) is 0 Å². The Balaban J connectivity index is 3.05. The Kier molecular flexibility index (Phi) is 1.13. The minimum absolute atomic E-state index is 0.708. The summed E-state index contributed by atoms with van der Waals surface area (Å²) in [4.78, 5) is 0. The van der Waals surface area contributed by atoms with Gasteiger partial charge in [-0.15, -0.1) is 11.3 Å². The maximum Gasteiger partial charge on any atom is 0.0643 e. The third-order valence-electron chi connectivity index (χ3n) is 0.439. The molecule has 0 nitrogen and oxygen atoms in total. The maximum absolute atomic E-state index is 5.41. The molecule has 0 saturated heterocycles. The first-order valence-electron chi connectivity index (χ1n) is 1.50. The van der Waals surface area contributed by atoms with E-state index in [2.05, 4.69) is 5.38 Å². The summed E-state index contributed by atoms with van der Waals surface area (Å²) in [5, 5.41) is 5.41. The summed E-state index contributed by atoms with van der Waals surface area (Å²) in [5.74, 6) is 0. The van der Waals surface area contributed by atoms with E-state index in [4.69, 9.17) is 11.6 Å². The van der Waals surface area contributed by atoms with E-state index in [9.17, 15) is 0 Å². The zero-order valence-electron chi connectivity index (χ0n) is 2.94. The normalized spacial score (nSPS) is 8.83. The van der Waals surface area contributed by atoms with Crippen molar-refractivity contribution >= 4 is 22.9 Å². The molecule has 0 bridgehead atoms. The highest BCUT2D eigenvalue weighted by molar-refractivity contribution is 7.07. The SMILES string of the molecule is Clc1[c]scc1. The minimum atomic E-state index is 0.708. The van der Waals surface area contributed by atoms with E-state index in [-0.39, 0.29) is 0 Å². The molecular formula is C4H2ClS. The summed E-state index contributed by atoms with van der Waals surface area (Å²) >= 11 is 6.89. The summed E-state index contributed by atoms with van der Waals surface area (Å²) < 4.78 is 0. The molecule has 0 spiro atoms. The summed E-state index contributed by atoms with van der Waals surface area (Å²) in [5.41, 5.74) is 0. The maximum atomic E-state index is 5.41. The van der Waals surface area contributed by atoms with E-state index < -0.39 is 0 Å². The molecule has 0 N–H and O–H groups in total. The molecule has 0 aromatic carbocycles. The predicted molar refractivity (Wildman–Crippen MR) is 28.2 cm³/mol. The molecule has 1 aromatic heterocycles. The van der Waals surface area contributed by atoms with Gasteiger partial charge in [0.2, 0.25) is 0 Å². The Morgan fingerprint density at radius 3 is 2.83 bits per heavy atom. The second-order valence-electron chi connectivity index (χ2n) is 0.871. The van der Waals surface area contributed by atoms with Crippen molar-refractivity contribution in [3.05, 3.63) is 21.8 Å². The summed E-state index contributed by atoms with van der Waals surface area (Å²) in [7, 11) is 0. The lowest BCUT2D eigenvalue weighted by Gasteiger charge is -1.60. The number of halogens is 1. The second-order valence-corrected chi connectivity index (χ2v) is 1.99. The fourth-order valence-corrected chi connectivity index (χ4v) is 0.942. The van der Waals surface area contributed by atoms with Crippen LogP contribution in [-0.4, -0.2) is 0 Å². The minimum Gasteiger partial charge on any atom is -0.141 e. The van der Waals surface area contributed by atoms with Gasteiger partial charge in [0.05, 0.1) is 10.4 Å². The number of hydrogen-bond acceptors (Lipinski definition) is 1. The summed E-state index contributed by atoms with van der Waals surface area (Å²) in [6.07, 6.45) is 0. The van der Waals surface area contributed by atoms with Crippen molar-refractivity contribution < 1.29 is 0 Å². The molecule has 0 aliphatic carbocycles. The van der Waals surface area contributed by atoms with E-state index in [0.29, 0.717) is 5.02 Å². The van der Waals surface area contributed by atoms with Gasteiger partial charge in [0.15, 0.2) is 0 Å². The van der Waals surface area contributed by atoms with E-state index in [0.717, 1.165) is 0 Å². The van der Waals surface area contributed by atoms with Gasteiger partial charge in [-0.25, -0.2) is 0 Å². The highest BCUT2D eigenvalue weighted by atomic mass is 35.5. The largest absolute Gasteiger partial charge is 0.141 e. The average molecular weight is 118 g/mol. The molecule has 6 heavy (non-hydrogen) atoms. The molecule has 0 atom stereocenters. The van der Waals surface area contributed by atoms with Crippen LogP contribution in [0.25, 0.3) is 0 Å². The third-order valence-corrected chi connectivity index (χ3v) is 1.38. The molecule has 0 aliphatic heterocycles. The van der Waals surface area contributed by atoms with Crippen LogP contribution in [-0.2, 0) is 0 Å². The molecule has 1 radical (unpaired) electrons. The van der Waals surface area contributed by atoms with Crippen molar-refractivity contribution in [2.75, 3.05) is 0 Å². The van der Waals surface area contributed by atoms with E-state index in [1.54, 1.807) is 0 Å². The van der Waals surface area contributed by atoms with Crippen molar-refractivity contribution in [2.24, 2.45) is 0 Å². The molecule has 1 heterocycles. The van der Waals surface area contributed by atoms with Crippen LogP contribution in [0.4, 0.5) is 0 Å². The fourth-order valence-electron chi connectivity index (χ4n) is 0.218. The number of hydrogen-bond donors (Lipinski definition) is 0. The molecule has 0 unspecified atom stereocenters. The Hall–Kier alpha value is -0.0100. The number of thiophene rings is 1. The van der Waals surface area contributed by atoms with Gasteiger partial charge < -0.3 is 0 Å². The van der Waals surface area contributed by atoms with Crippen LogP contribution >= 0.6 is 22.9 Å². The lowest BCUT2D eigenvalue weighted by Crippen LogP contribution is -1.35. The molecule has 1 rings (SSSR count). The third kappa shape index (κ3) is 0.730. The molecule has 0 saturated carbocycles. The molecule has 0 amide bonds. The predicted octanol–water partition coefficient (Wildman–Crippen LogP) is 2.20. The average Bonchev–Trinajstić information content (AvgIpc) is 1.86. The standard InChI is InChI=1S/C4H2ClS/c5-4-1-2-6-3-4/h1-2H. The molecule has 31 valence electrons. The zero-order valence-corrected chi connectivity index (χ0v) is 4.51. The van der Waals surface area contributed by atoms with Gasteiger partial charge in [0.25, 0.3) is 0 Å². The van der Waals surface area contributed by atoms with Crippen molar-refractivity contribution in [3.63, 3.8) is 0 Å². The van der Waals surface area contributed by atoms with Gasteiger partial charge in [0.1, 0.15) is 0 Å². The summed E-state index contributed by atoms with van der Waals surface area (Å²) in [6, 6.07) is 1.81. The van der Waals surface area contributed by atoms with Gasteiger partial charge in [0, 0.05) is 0 Å². The first-order valence-corrected chi connectivity index (χ1v) is 2.76. The Bertz CT molecular complexity index is 111. The van der Waals surface area contributed by atoms with Crippen molar-refractivity contribution in [1.82, 2.24) is 0 Å². The van der Waals surface area contributed by atoms with Crippen molar-refractivity contribution in [2.45, 2.75) is 0 Å². The van der Waals surface area contributed by atoms with Gasteiger partial charge >= 0.3 is 0 Å². The van der Waals surface area contributed by atoms with Gasteiger partial charge in [-0.2, -0.15) is 0 Å². The molecule has 0 fully saturated rings.